The van der Waals surface area contributed by atoms with E-state index in [1.54, 1.807) is 12.1 Å². The summed E-state index contributed by atoms with van der Waals surface area (Å²) in [4.78, 5) is 47.3. The van der Waals surface area contributed by atoms with Gasteiger partial charge in [-0.1, -0.05) is 83.2 Å². The number of nitro benzene ring substituents is 2. The van der Waals surface area contributed by atoms with Crippen LogP contribution in [0.15, 0.2) is 78.9 Å². The van der Waals surface area contributed by atoms with Gasteiger partial charge in [0.1, 0.15) is 24.3 Å². The van der Waals surface area contributed by atoms with E-state index in [1.807, 2.05) is 6.08 Å². The van der Waals surface area contributed by atoms with E-state index in [-0.39, 0.29) is 86.8 Å². The molecule has 15 heteroatoms. The summed E-state index contributed by atoms with van der Waals surface area (Å²) in [5.74, 6) is 3.20. The smallest absolute Gasteiger partial charge is 0.486 e. The van der Waals surface area contributed by atoms with Crippen molar-refractivity contribution in [2.24, 2.45) is 58.2 Å². The first-order valence-electron chi connectivity index (χ1n) is 26.3. The average Bonchev–Trinajstić information content (AvgIpc) is 3.71. The number of aromatic carboxylic acids is 2. The van der Waals surface area contributed by atoms with Gasteiger partial charge < -0.3 is 19.7 Å². The van der Waals surface area contributed by atoms with Crippen LogP contribution >= 0.6 is 23.2 Å². The summed E-state index contributed by atoms with van der Waals surface area (Å²) >= 11 is 13.8. The number of nitro groups is 2. The second kappa shape index (κ2) is 24.3. The van der Waals surface area contributed by atoms with E-state index in [4.69, 9.17) is 32.7 Å². The summed E-state index contributed by atoms with van der Waals surface area (Å²) in [7, 11) is 0. The van der Waals surface area contributed by atoms with Crippen LogP contribution in [0.3, 0.4) is 0 Å². The van der Waals surface area contributed by atoms with Gasteiger partial charge in [-0.05, 0) is 205 Å². The number of carboxylic acid groups (broad SMARTS) is 2. The maximum absolute atomic E-state index is 12.9. The van der Waals surface area contributed by atoms with Crippen LogP contribution in [0.2, 0.25) is 10.0 Å². The van der Waals surface area contributed by atoms with Gasteiger partial charge in [-0.15, -0.1) is 0 Å². The molecule has 2 N–H and O–H groups in total. The minimum absolute atomic E-state index is 0. The predicted molar refractivity (Wildman–Crippen MR) is 285 cm³/mol. The molecule has 0 amide bonds. The quantitative estimate of drug-likeness (QED) is 0.0491. The third kappa shape index (κ3) is 12.4. The Bertz CT molecular complexity index is 2600. The minimum atomic E-state index is -1.30. The van der Waals surface area contributed by atoms with E-state index in [0.717, 1.165) is 48.3 Å². The predicted octanol–water partition coefficient (Wildman–Crippen LogP) is 13.3. The van der Waals surface area contributed by atoms with Crippen molar-refractivity contribution in [1.29, 1.82) is 0 Å². The topological polar surface area (TPSA) is 179 Å². The monoisotopic (exact) mass is 1060 g/mol. The van der Waals surface area contributed by atoms with Crippen LogP contribution in [0, 0.1) is 78.4 Å². The van der Waals surface area contributed by atoms with E-state index in [9.17, 15) is 40.0 Å². The molecule has 4 fully saturated rings. The van der Waals surface area contributed by atoms with Crippen LogP contribution in [0.5, 0.6) is 11.5 Å². The number of fused-ring (bicyclic) bond motifs is 5. The summed E-state index contributed by atoms with van der Waals surface area (Å²) in [6, 6.07) is 17.5. The SMILES string of the molecule is CC(C)CCCC(C)[C@H]1CCC2C3CCC4C[C@@H](CCC=C(c5cc(Cl)c(OCc6ccc([N+](=O)[O-])cc6)c(C(=O)O)c5)c5cc(Cl)c(OCc6ccc([N+](=O)[O-])cc6)c(C(=O)O)c5)CC[C@]4(C)C3CC[C@@]21C.[Na+]. The van der Waals surface area contributed by atoms with Gasteiger partial charge in [0.25, 0.3) is 11.4 Å². The third-order valence-corrected chi connectivity index (χ3v) is 18.7. The maximum Gasteiger partial charge on any atom is 1.00 e. The Labute approximate surface area is 467 Å². The number of ether oxygens (including phenoxy) is 2. The molecule has 4 aromatic carbocycles. The average molecular weight is 1060 g/mol. The molecule has 0 bridgehead atoms. The van der Waals surface area contributed by atoms with Gasteiger partial charge in [-0.2, -0.15) is 0 Å². The number of carboxylic acids is 2. The van der Waals surface area contributed by atoms with Crippen LogP contribution in [0.25, 0.3) is 5.57 Å². The molecule has 4 aliphatic rings. The van der Waals surface area contributed by atoms with Gasteiger partial charge in [0, 0.05) is 24.3 Å². The normalized spacial score (nSPS) is 25.4. The second-order valence-electron chi connectivity index (χ2n) is 22.7. The molecule has 9 atom stereocenters. The van der Waals surface area contributed by atoms with Gasteiger partial charge in [0.05, 0.1) is 19.9 Å². The van der Waals surface area contributed by atoms with Gasteiger partial charge in [-0.25, -0.2) is 9.59 Å². The molecule has 12 nitrogen and oxygen atoms in total. The summed E-state index contributed by atoms with van der Waals surface area (Å²) in [6.45, 7) is 12.3. The van der Waals surface area contributed by atoms with Gasteiger partial charge in [0.2, 0.25) is 0 Å². The first-order valence-corrected chi connectivity index (χ1v) is 27.1. The first-order chi connectivity index (χ1) is 34.8. The van der Waals surface area contributed by atoms with Gasteiger partial charge in [-0.3, -0.25) is 20.2 Å². The van der Waals surface area contributed by atoms with Crippen molar-refractivity contribution in [1.82, 2.24) is 0 Å². The molecular formula is C59H70Cl2N2NaO10+. The van der Waals surface area contributed by atoms with E-state index in [2.05, 4.69) is 34.6 Å². The van der Waals surface area contributed by atoms with Crippen molar-refractivity contribution < 1.29 is 68.7 Å². The van der Waals surface area contributed by atoms with Crippen LogP contribution < -0.4 is 39.0 Å². The maximum atomic E-state index is 12.9. The zero-order valence-electron chi connectivity index (χ0n) is 43.7. The molecule has 0 saturated heterocycles. The standard InChI is InChI=1S/C59H70Cl2N2O10.Na/c1-35(2)8-6-9-36(3)49-22-23-50-46-21-16-42-28-37(24-26-58(42,4)51(46)25-27-59(49,50)5)10-7-11-45(40-29-47(56(64)65)54(52(60)31-40)72-33-38-12-17-43(18-13-38)62(68)69)41-30-48(57(66)67)55(53(61)32-41)73-34-39-14-19-44(20-15-39)63(70)71;/h11-15,17-20,29-32,35-37,42,46,49-51H,6-10,16,21-28,33-34H2,1-5H3,(H,64,65)(H,66,67);/q;+1/t36?,37-,42?,46?,49+,50?,51?,58-,59+;/m0./s1. The summed E-state index contributed by atoms with van der Waals surface area (Å²) in [6.07, 6.45) is 19.2. The Morgan fingerprint density at radius 3 is 1.73 bits per heavy atom. The Hall–Kier alpha value is -4.46. The fourth-order valence-electron chi connectivity index (χ4n) is 14.3. The van der Waals surface area contributed by atoms with Crippen molar-refractivity contribution in [2.75, 3.05) is 0 Å². The number of hydrogen-bond acceptors (Lipinski definition) is 8. The number of carbonyl (C=O) groups is 2. The number of hydrogen-bond donors (Lipinski definition) is 2. The van der Waals surface area contributed by atoms with Gasteiger partial charge in [0.15, 0.2) is 11.5 Å². The largest absolute Gasteiger partial charge is 1.00 e. The van der Waals surface area contributed by atoms with Crippen molar-refractivity contribution in [3.63, 3.8) is 0 Å². The Balaban J connectivity index is 0.00000800. The van der Waals surface area contributed by atoms with Crippen molar-refractivity contribution >= 4 is 52.1 Å². The molecule has 0 aromatic heterocycles. The number of benzene rings is 4. The van der Waals surface area contributed by atoms with E-state index in [0.29, 0.717) is 56.9 Å². The molecule has 8 rings (SSSR count). The van der Waals surface area contributed by atoms with Crippen molar-refractivity contribution in [2.45, 2.75) is 138 Å². The molecule has 5 unspecified atom stereocenters. The summed E-state index contributed by atoms with van der Waals surface area (Å²) in [5.41, 5.74) is 2.64. The minimum Gasteiger partial charge on any atom is -0.486 e. The van der Waals surface area contributed by atoms with E-state index in [1.165, 1.54) is 131 Å². The second-order valence-corrected chi connectivity index (χ2v) is 23.5. The van der Waals surface area contributed by atoms with Crippen LogP contribution in [0.4, 0.5) is 11.4 Å². The molecular weight excluding hydrogens is 991 g/mol. The van der Waals surface area contributed by atoms with E-state index < -0.39 is 21.8 Å². The zero-order chi connectivity index (χ0) is 52.4. The van der Waals surface area contributed by atoms with Crippen LogP contribution in [-0.2, 0) is 13.2 Å². The van der Waals surface area contributed by atoms with Crippen molar-refractivity contribution in [3.05, 3.63) is 143 Å². The molecule has 4 aromatic rings. The number of halogens is 2. The molecule has 74 heavy (non-hydrogen) atoms. The fourth-order valence-corrected chi connectivity index (χ4v) is 14.9. The number of rotatable bonds is 20. The van der Waals surface area contributed by atoms with Gasteiger partial charge >= 0.3 is 41.5 Å². The third-order valence-electron chi connectivity index (χ3n) is 18.1. The molecule has 0 radical (unpaired) electrons. The number of nitrogens with zero attached hydrogens (tertiary/aromatic N) is 2. The molecule has 390 valence electrons. The number of non-ortho nitro benzene ring substituents is 2. The molecule has 4 saturated carbocycles. The summed E-state index contributed by atoms with van der Waals surface area (Å²) < 4.78 is 12.0. The Morgan fingerprint density at radius 2 is 1.23 bits per heavy atom. The van der Waals surface area contributed by atoms with Crippen LogP contribution in [0.1, 0.15) is 167 Å². The Kier molecular flexibility index (Phi) is 18.8. The summed E-state index contributed by atoms with van der Waals surface area (Å²) in [5, 5.41) is 43.5. The molecule has 0 spiro atoms. The number of allylic oxidation sites excluding steroid dienone is 1. The van der Waals surface area contributed by atoms with Crippen LogP contribution in [-0.4, -0.2) is 32.0 Å². The Morgan fingerprint density at radius 1 is 0.716 bits per heavy atom. The zero-order valence-corrected chi connectivity index (χ0v) is 47.3. The molecule has 0 heterocycles. The molecule has 4 aliphatic carbocycles. The van der Waals surface area contributed by atoms with Crippen molar-refractivity contribution in [3.8, 4) is 11.5 Å². The fraction of sp³-hybridized carbons (Fsp3) is 0.525. The molecule has 0 aliphatic heterocycles. The first kappa shape index (κ1) is 57.2. The van der Waals surface area contributed by atoms with E-state index >= 15 is 0 Å².